The molecule has 0 radical (unpaired) electrons. The van der Waals surface area contributed by atoms with Crippen molar-refractivity contribution in [2.45, 2.75) is 77.4 Å². The SMILES string of the molecule is CCC(=O)O[C@]1(C(=O)SCC(=O)N(C)C)CCC2[C@@H]3CCC4=CC([NH2+]c5ccc(F)cc5)=C(C=N)C[C@]4(C)C3[C@@H](O)C[C@@]21C. The number of thioether (sulfide) groups is 1. The molecule has 0 saturated heterocycles. The number of allylic oxidation sites excluding steroid dienone is 3. The van der Waals surface area contributed by atoms with Crippen molar-refractivity contribution in [3.63, 3.8) is 0 Å². The minimum Gasteiger partial charge on any atom is -0.449 e. The average Bonchev–Trinajstić information content (AvgIpc) is 3.28. The van der Waals surface area contributed by atoms with Crippen LogP contribution in [0.3, 0.4) is 0 Å². The molecule has 2 unspecified atom stereocenters. The number of halogens is 1. The van der Waals surface area contributed by atoms with E-state index in [0.29, 0.717) is 25.7 Å². The predicted octanol–water partition coefficient (Wildman–Crippen LogP) is 4.51. The molecule has 44 heavy (non-hydrogen) atoms. The van der Waals surface area contributed by atoms with E-state index in [2.05, 4.69) is 13.0 Å². The van der Waals surface area contributed by atoms with Crippen molar-refractivity contribution < 1.29 is 33.9 Å². The van der Waals surface area contributed by atoms with E-state index in [9.17, 15) is 23.9 Å². The van der Waals surface area contributed by atoms with Gasteiger partial charge in [0.15, 0.2) is 5.60 Å². The second kappa shape index (κ2) is 12.2. The van der Waals surface area contributed by atoms with Gasteiger partial charge in [0.05, 0.1) is 11.9 Å². The van der Waals surface area contributed by atoms with Crippen molar-refractivity contribution >= 4 is 40.7 Å². The van der Waals surface area contributed by atoms with Crippen molar-refractivity contribution in [3.8, 4) is 0 Å². The maximum atomic E-state index is 14.0. The molecule has 1 amide bonds. The highest BCUT2D eigenvalue weighted by Crippen LogP contribution is 2.69. The summed E-state index contributed by atoms with van der Waals surface area (Å²) in [5.74, 6) is -0.899. The van der Waals surface area contributed by atoms with Crippen LogP contribution < -0.4 is 5.32 Å². The Balaban J connectivity index is 1.45. The van der Waals surface area contributed by atoms with E-state index < -0.39 is 23.1 Å². The lowest BCUT2D eigenvalue weighted by molar-refractivity contribution is -0.513. The summed E-state index contributed by atoms with van der Waals surface area (Å²) >= 11 is 0.915. The van der Waals surface area contributed by atoms with Crippen molar-refractivity contribution in [1.29, 1.82) is 5.41 Å². The molecule has 238 valence electrons. The van der Waals surface area contributed by atoms with Gasteiger partial charge < -0.3 is 20.2 Å². The van der Waals surface area contributed by atoms with Crippen LogP contribution in [0.1, 0.15) is 65.7 Å². The first-order valence-corrected chi connectivity index (χ1v) is 16.6. The predicted molar refractivity (Wildman–Crippen MR) is 168 cm³/mol. The molecule has 8 nitrogen and oxygen atoms in total. The zero-order valence-corrected chi connectivity index (χ0v) is 27.1. The fraction of sp³-hybridized carbons (Fsp3) is 0.588. The number of nitrogens with zero attached hydrogens (tertiary/aromatic N) is 1. The van der Waals surface area contributed by atoms with Gasteiger partial charge in [-0.2, -0.15) is 0 Å². The van der Waals surface area contributed by atoms with Gasteiger partial charge in [-0.15, -0.1) is 0 Å². The highest BCUT2D eigenvalue weighted by atomic mass is 32.2. The first-order valence-electron chi connectivity index (χ1n) is 15.6. The Labute approximate surface area is 263 Å². The van der Waals surface area contributed by atoms with E-state index in [-0.39, 0.29) is 52.2 Å². The number of carbonyl (C=O) groups excluding carboxylic acids is 3. The van der Waals surface area contributed by atoms with Crippen LogP contribution in [0.15, 0.2) is 47.2 Å². The van der Waals surface area contributed by atoms with E-state index in [4.69, 9.17) is 10.1 Å². The van der Waals surface area contributed by atoms with Gasteiger partial charge in [-0.25, -0.2) is 4.39 Å². The maximum absolute atomic E-state index is 14.0. The number of ether oxygens (including phenoxy) is 1. The zero-order valence-electron chi connectivity index (χ0n) is 26.3. The maximum Gasteiger partial charge on any atom is 0.306 e. The number of esters is 1. The van der Waals surface area contributed by atoms with Crippen LogP contribution in [0.2, 0.25) is 0 Å². The first kappa shape index (κ1) is 32.6. The van der Waals surface area contributed by atoms with E-state index in [1.54, 1.807) is 33.2 Å². The van der Waals surface area contributed by atoms with Crippen molar-refractivity contribution in [1.82, 2.24) is 4.90 Å². The van der Waals surface area contributed by atoms with Crippen LogP contribution in [-0.2, 0) is 19.1 Å². The summed E-state index contributed by atoms with van der Waals surface area (Å²) in [6.45, 7) is 5.91. The van der Waals surface area contributed by atoms with Crippen LogP contribution >= 0.6 is 11.8 Å². The summed E-state index contributed by atoms with van der Waals surface area (Å²) in [5, 5.41) is 22.0. The lowest BCUT2D eigenvalue weighted by atomic mass is 9.45. The number of nitrogens with two attached hydrogens (primary N) is 1. The van der Waals surface area contributed by atoms with Gasteiger partial charge in [-0.05, 0) is 79.9 Å². The highest BCUT2D eigenvalue weighted by Gasteiger charge is 2.70. The summed E-state index contributed by atoms with van der Waals surface area (Å²) in [7, 11) is 3.29. The van der Waals surface area contributed by atoms with Gasteiger partial charge in [-0.3, -0.25) is 19.7 Å². The summed E-state index contributed by atoms with van der Waals surface area (Å²) in [4.78, 5) is 40.6. The second-order valence-electron chi connectivity index (χ2n) is 13.7. The number of carbonyl (C=O) groups is 3. The van der Waals surface area contributed by atoms with Crippen LogP contribution in [0.5, 0.6) is 0 Å². The average molecular weight is 627 g/mol. The summed E-state index contributed by atoms with van der Waals surface area (Å²) in [5.41, 5.74) is 1.36. The van der Waals surface area contributed by atoms with Crippen molar-refractivity contribution in [2.75, 3.05) is 19.8 Å². The van der Waals surface area contributed by atoms with Crippen LogP contribution in [-0.4, -0.2) is 64.8 Å². The standard InChI is InChI=1S/C34H44FN3O5S/c1-6-29(41)43-34(31(42)44-19-28(40)38(4)5)14-13-25-24-12-7-21-15-26(37-23-10-8-22(35)9-11-23)20(18-36)16-32(21,2)30(24)27(39)17-33(25,34)3/h8-11,15,18,24-25,27,30,36-37,39H,6-7,12-14,16-17,19H2,1-5H3/p+1/t24-,25?,27-,30?,32-,33-,34-/m0/s1. The Morgan fingerprint density at radius 1 is 1.20 bits per heavy atom. The third-order valence-corrected chi connectivity index (χ3v) is 12.1. The van der Waals surface area contributed by atoms with Crippen molar-refractivity contribution in [2.24, 2.45) is 28.6 Å². The molecule has 3 saturated carbocycles. The Bertz CT molecular complexity index is 1410. The molecule has 0 heterocycles. The lowest BCUT2D eigenvalue weighted by Gasteiger charge is -2.60. The number of benzene rings is 1. The van der Waals surface area contributed by atoms with Gasteiger partial charge in [0.2, 0.25) is 11.0 Å². The van der Waals surface area contributed by atoms with E-state index in [0.717, 1.165) is 41.6 Å². The van der Waals surface area contributed by atoms with Crippen LogP contribution in [0, 0.1) is 39.8 Å². The Morgan fingerprint density at radius 3 is 2.55 bits per heavy atom. The van der Waals surface area contributed by atoms with Gasteiger partial charge >= 0.3 is 5.97 Å². The largest absolute Gasteiger partial charge is 0.449 e. The molecule has 4 aliphatic carbocycles. The lowest BCUT2D eigenvalue weighted by Crippen LogP contribution is -2.76. The fourth-order valence-electron chi connectivity index (χ4n) is 8.90. The number of aliphatic hydroxyl groups is 1. The number of hydrogen-bond donors (Lipinski definition) is 3. The molecule has 3 fully saturated rings. The fourth-order valence-corrected chi connectivity index (χ4v) is 10.0. The van der Waals surface area contributed by atoms with E-state index in [1.807, 2.05) is 12.2 Å². The molecule has 10 heteroatoms. The molecule has 0 spiro atoms. The number of fused-ring (bicyclic) bond motifs is 5. The van der Waals surface area contributed by atoms with Crippen molar-refractivity contribution in [3.05, 3.63) is 53.0 Å². The summed E-state index contributed by atoms with van der Waals surface area (Å²) in [6, 6.07) is 6.32. The number of rotatable bonds is 8. The smallest absolute Gasteiger partial charge is 0.306 e. The number of amides is 1. The van der Waals surface area contributed by atoms with Crippen LogP contribution in [0.4, 0.5) is 10.1 Å². The van der Waals surface area contributed by atoms with E-state index >= 15 is 0 Å². The molecule has 0 bridgehead atoms. The molecular weight excluding hydrogens is 581 g/mol. The molecular formula is C34H45FN3O5S+. The number of nitrogens with one attached hydrogen (secondary N) is 1. The minimum atomic E-state index is -1.41. The Hall–Kier alpha value is -2.82. The molecule has 0 aliphatic heterocycles. The molecule has 1 aromatic carbocycles. The summed E-state index contributed by atoms with van der Waals surface area (Å²) < 4.78 is 19.6. The number of aliphatic hydroxyl groups excluding tert-OH is 1. The second-order valence-corrected chi connectivity index (χ2v) is 14.6. The summed E-state index contributed by atoms with van der Waals surface area (Å²) in [6.07, 6.45) is 6.59. The Morgan fingerprint density at radius 2 is 1.91 bits per heavy atom. The molecule has 1 aromatic rings. The quantitative estimate of drug-likeness (QED) is 0.222. The topological polar surface area (TPSA) is 124 Å². The normalized spacial score (nSPS) is 34.3. The highest BCUT2D eigenvalue weighted by molar-refractivity contribution is 8.14. The number of quaternary nitrogens is 1. The molecule has 5 rings (SSSR count). The molecule has 7 atom stereocenters. The third-order valence-electron chi connectivity index (χ3n) is 11.1. The van der Waals surface area contributed by atoms with E-state index in [1.165, 1.54) is 28.8 Å². The molecule has 0 aromatic heterocycles. The van der Waals surface area contributed by atoms with Gasteiger partial charge in [0.25, 0.3) is 0 Å². The Kier molecular flexibility index (Phi) is 9.01. The zero-order chi connectivity index (χ0) is 32.0. The van der Waals surface area contributed by atoms with Crippen LogP contribution in [0.25, 0.3) is 0 Å². The number of hydrogen-bond acceptors (Lipinski definition) is 7. The minimum absolute atomic E-state index is 0.0329. The monoisotopic (exact) mass is 626 g/mol. The molecule has 4 N–H and O–H groups in total. The van der Waals surface area contributed by atoms with Gasteiger partial charge in [0, 0.05) is 49.9 Å². The molecule has 4 aliphatic rings. The van der Waals surface area contributed by atoms with Gasteiger partial charge in [0.1, 0.15) is 17.2 Å². The van der Waals surface area contributed by atoms with Gasteiger partial charge in [-0.1, -0.05) is 38.1 Å². The first-order chi connectivity index (χ1) is 20.8. The third kappa shape index (κ3) is 5.36.